The van der Waals surface area contributed by atoms with Gasteiger partial charge >= 0.3 is 0 Å². The zero-order valence-corrected chi connectivity index (χ0v) is 14.5. The summed E-state index contributed by atoms with van der Waals surface area (Å²) in [6.07, 6.45) is 2.01. The number of fused-ring (bicyclic) bond motifs is 1. The quantitative estimate of drug-likeness (QED) is 0.865. The highest BCUT2D eigenvalue weighted by Crippen LogP contribution is 2.45. The van der Waals surface area contributed by atoms with Crippen LogP contribution in [-0.4, -0.2) is 32.1 Å². The maximum atomic E-state index is 11.7. The van der Waals surface area contributed by atoms with Crippen molar-refractivity contribution in [1.82, 2.24) is 5.32 Å². The average molecular weight is 374 g/mol. The van der Waals surface area contributed by atoms with E-state index in [2.05, 4.69) is 34.2 Å². The molecule has 1 fully saturated rings. The Morgan fingerprint density at radius 1 is 1.38 bits per heavy atom. The fourth-order valence-corrected chi connectivity index (χ4v) is 5.24. The molecule has 0 amide bonds. The van der Waals surface area contributed by atoms with Crippen LogP contribution in [0.25, 0.3) is 0 Å². The minimum atomic E-state index is -2.88. The van der Waals surface area contributed by atoms with E-state index in [9.17, 15) is 8.42 Å². The third kappa shape index (κ3) is 3.12. The van der Waals surface area contributed by atoms with E-state index in [4.69, 9.17) is 4.74 Å². The largest absolute Gasteiger partial charge is 0.487 e. The van der Waals surface area contributed by atoms with Crippen molar-refractivity contribution in [2.24, 2.45) is 0 Å². The van der Waals surface area contributed by atoms with E-state index in [0.717, 1.165) is 28.8 Å². The Kier molecular flexibility index (Phi) is 4.05. The van der Waals surface area contributed by atoms with Crippen molar-refractivity contribution in [2.75, 3.05) is 18.1 Å². The topological polar surface area (TPSA) is 55.4 Å². The van der Waals surface area contributed by atoms with Crippen LogP contribution >= 0.6 is 15.9 Å². The average Bonchev–Trinajstić information content (AvgIpc) is 2.44. The highest BCUT2D eigenvalue weighted by atomic mass is 79.9. The Hall–Kier alpha value is -0.590. The van der Waals surface area contributed by atoms with Crippen molar-refractivity contribution in [3.05, 3.63) is 28.2 Å². The van der Waals surface area contributed by atoms with Gasteiger partial charge in [0, 0.05) is 35.3 Å². The molecule has 2 aliphatic rings. The number of hydrogen-bond acceptors (Lipinski definition) is 4. The van der Waals surface area contributed by atoms with Crippen molar-refractivity contribution in [2.45, 2.75) is 37.8 Å². The van der Waals surface area contributed by atoms with Gasteiger partial charge in [-0.25, -0.2) is 8.42 Å². The van der Waals surface area contributed by atoms with Crippen molar-refractivity contribution in [3.8, 4) is 5.75 Å². The summed E-state index contributed by atoms with van der Waals surface area (Å²) >= 11 is 3.51. The van der Waals surface area contributed by atoms with Gasteiger partial charge in [-0.15, -0.1) is 0 Å². The first-order chi connectivity index (χ1) is 9.93. The lowest BCUT2D eigenvalue weighted by Crippen LogP contribution is -2.49. The van der Waals surface area contributed by atoms with Gasteiger partial charge in [0.1, 0.15) is 11.4 Å². The third-order valence-corrected chi connectivity index (χ3v) is 6.58. The van der Waals surface area contributed by atoms with Crippen LogP contribution in [0, 0.1) is 0 Å². The molecular weight excluding hydrogens is 354 g/mol. The monoisotopic (exact) mass is 373 g/mol. The van der Waals surface area contributed by atoms with Gasteiger partial charge in [0.2, 0.25) is 0 Å². The van der Waals surface area contributed by atoms with Gasteiger partial charge in [-0.1, -0.05) is 22.9 Å². The van der Waals surface area contributed by atoms with Crippen molar-refractivity contribution >= 4 is 25.8 Å². The Morgan fingerprint density at radius 3 is 2.76 bits per heavy atom. The Balaban J connectivity index is 1.92. The highest BCUT2D eigenvalue weighted by molar-refractivity contribution is 9.10. The highest BCUT2D eigenvalue weighted by Gasteiger charge is 2.44. The molecular formula is C15H20BrNO3S. The molecule has 1 aromatic rings. The second-order valence-corrected chi connectivity index (χ2v) is 9.15. The van der Waals surface area contributed by atoms with Crippen molar-refractivity contribution < 1.29 is 13.2 Å². The van der Waals surface area contributed by atoms with Crippen LogP contribution < -0.4 is 10.1 Å². The molecule has 21 heavy (non-hydrogen) atoms. The van der Waals surface area contributed by atoms with Gasteiger partial charge in [-0.3, -0.25) is 0 Å². The molecule has 1 spiro atoms. The maximum Gasteiger partial charge on any atom is 0.150 e. The van der Waals surface area contributed by atoms with Gasteiger partial charge < -0.3 is 10.1 Å². The lowest BCUT2D eigenvalue weighted by atomic mass is 9.83. The third-order valence-electron chi connectivity index (χ3n) is 4.44. The van der Waals surface area contributed by atoms with E-state index in [1.165, 1.54) is 0 Å². The molecule has 1 unspecified atom stereocenters. The molecule has 0 bridgehead atoms. The minimum Gasteiger partial charge on any atom is -0.487 e. The van der Waals surface area contributed by atoms with Crippen LogP contribution in [0.15, 0.2) is 22.7 Å². The summed E-state index contributed by atoms with van der Waals surface area (Å²) < 4.78 is 30.7. The smallest absolute Gasteiger partial charge is 0.150 e. The summed E-state index contributed by atoms with van der Waals surface area (Å²) in [5.41, 5.74) is 0.823. The van der Waals surface area contributed by atoms with Gasteiger partial charge in [0.25, 0.3) is 0 Å². The summed E-state index contributed by atoms with van der Waals surface area (Å²) in [7, 11) is -2.88. The number of sulfone groups is 1. The van der Waals surface area contributed by atoms with Crippen LogP contribution in [0.3, 0.4) is 0 Å². The molecule has 6 heteroatoms. The summed E-state index contributed by atoms with van der Waals surface area (Å²) in [6, 6.07) is 6.26. The lowest BCUT2D eigenvalue weighted by Gasteiger charge is -2.44. The van der Waals surface area contributed by atoms with E-state index in [-0.39, 0.29) is 23.1 Å². The zero-order valence-electron chi connectivity index (χ0n) is 12.1. The van der Waals surface area contributed by atoms with Crippen LogP contribution in [0.1, 0.15) is 37.8 Å². The molecule has 1 N–H and O–H groups in total. The predicted molar refractivity (Wildman–Crippen MR) is 86.4 cm³/mol. The number of ether oxygens (including phenoxy) is 1. The number of rotatable bonds is 2. The second kappa shape index (κ2) is 5.56. The maximum absolute atomic E-state index is 11.7. The second-order valence-electron chi connectivity index (χ2n) is 5.93. The zero-order chi connectivity index (χ0) is 15.1. The molecule has 0 aliphatic carbocycles. The fraction of sp³-hybridized carbons (Fsp3) is 0.600. The molecule has 1 atom stereocenters. The number of halogens is 1. The van der Waals surface area contributed by atoms with E-state index >= 15 is 0 Å². The molecule has 0 radical (unpaired) electrons. The van der Waals surface area contributed by atoms with Gasteiger partial charge in [-0.2, -0.15) is 0 Å². The minimum absolute atomic E-state index is 0.219. The first kappa shape index (κ1) is 15.3. The molecule has 2 heterocycles. The molecule has 4 nitrogen and oxygen atoms in total. The van der Waals surface area contributed by atoms with Crippen LogP contribution in [0.5, 0.6) is 5.75 Å². The fourth-order valence-electron chi connectivity index (χ4n) is 3.29. The molecule has 0 aromatic heterocycles. The van der Waals surface area contributed by atoms with E-state index < -0.39 is 9.84 Å². The van der Waals surface area contributed by atoms with Crippen molar-refractivity contribution in [1.29, 1.82) is 0 Å². The SMILES string of the molecule is CCNC1CC2(CCS(=O)(=O)CC2)Oc2ccc(Br)cc21. The van der Waals surface area contributed by atoms with Crippen LogP contribution in [-0.2, 0) is 9.84 Å². The van der Waals surface area contributed by atoms with Crippen LogP contribution in [0.2, 0.25) is 0 Å². The van der Waals surface area contributed by atoms with Crippen LogP contribution in [0.4, 0.5) is 0 Å². The number of hydrogen-bond donors (Lipinski definition) is 1. The Labute approximate surface area is 134 Å². The standard InChI is InChI=1S/C15H20BrNO3S/c1-2-17-13-10-15(5-7-21(18,19)8-6-15)20-14-4-3-11(16)9-12(13)14/h3-4,9,13,17H,2,5-8,10H2,1H3. The lowest BCUT2D eigenvalue weighted by molar-refractivity contribution is 0.0213. The number of benzene rings is 1. The number of nitrogens with one attached hydrogen (secondary N) is 1. The van der Waals surface area contributed by atoms with E-state index in [1.54, 1.807) is 0 Å². The van der Waals surface area contributed by atoms with E-state index in [0.29, 0.717) is 12.8 Å². The van der Waals surface area contributed by atoms with Gasteiger partial charge in [0.15, 0.2) is 9.84 Å². The Bertz CT molecular complexity index is 630. The Morgan fingerprint density at radius 2 is 2.10 bits per heavy atom. The summed E-state index contributed by atoms with van der Waals surface area (Å²) in [5, 5.41) is 3.51. The summed E-state index contributed by atoms with van der Waals surface area (Å²) in [6.45, 7) is 2.97. The molecule has 1 aromatic carbocycles. The molecule has 2 aliphatic heterocycles. The van der Waals surface area contributed by atoms with Gasteiger partial charge in [-0.05, 0) is 24.7 Å². The first-order valence-electron chi connectivity index (χ1n) is 7.35. The molecule has 3 rings (SSSR count). The normalized spacial score (nSPS) is 26.1. The molecule has 1 saturated heterocycles. The predicted octanol–water partition coefficient (Wildman–Crippen LogP) is 2.83. The first-order valence-corrected chi connectivity index (χ1v) is 9.97. The molecule has 0 saturated carbocycles. The molecule has 116 valence electrons. The summed E-state index contributed by atoms with van der Waals surface area (Å²) in [4.78, 5) is 0. The summed E-state index contributed by atoms with van der Waals surface area (Å²) in [5.74, 6) is 1.35. The van der Waals surface area contributed by atoms with Crippen molar-refractivity contribution in [3.63, 3.8) is 0 Å². The van der Waals surface area contributed by atoms with E-state index in [1.807, 2.05) is 12.1 Å². The van der Waals surface area contributed by atoms with Gasteiger partial charge in [0.05, 0.1) is 11.5 Å².